The summed E-state index contributed by atoms with van der Waals surface area (Å²) in [6.07, 6.45) is -0.882. The lowest BCUT2D eigenvalue weighted by Crippen LogP contribution is -2.52. The fourth-order valence-corrected chi connectivity index (χ4v) is 3.81. The normalized spacial score (nSPS) is 23.1. The Morgan fingerprint density at radius 3 is 2.67 bits per heavy atom. The van der Waals surface area contributed by atoms with Crippen molar-refractivity contribution in [2.45, 2.75) is 24.2 Å². The number of hydrogen-bond acceptors (Lipinski definition) is 6. The smallest absolute Gasteiger partial charge is 0.313 e. The number of aliphatic carboxylic acids is 1. The summed E-state index contributed by atoms with van der Waals surface area (Å²) >= 11 is 0. The van der Waals surface area contributed by atoms with Crippen LogP contribution in [0.15, 0.2) is 9.42 Å². The van der Waals surface area contributed by atoms with Crippen LogP contribution in [0.25, 0.3) is 0 Å². The predicted octanol–water partition coefficient (Wildman–Crippen LogP) is 0.296. The number of anilines is 1. The molecule has 1 unspecified atom stereocenters. The van der Waals surface area contributed by atoms with Crippen molar-refractivity contribution >= 4 is 21.8 Å². The number of nitrogens with two attached hydrogens (primary N) is 1. The number of piperidine rings is 1. The summed E-state index contributed by atoms with van der Waals surface area (Å²) in [6.45, 7) is -0.0403. The van der Waals surface area contributed by atoms with E-state index in [1.165, 1.54) is 6.92 Å². The Morgan fingerprint density at radius 1 is 1.57 bits per heavy atom. The first kappa shape index (κ1) is 15.6. The highest BCUT2D eigenvalue weighted by Gasteiger charge is 2.51. The van der Waals surface area contributed by atoms with Crippen LogP contribution in [-0.4, -0.2) is 48.0 Å². The minimum Gasteiger partial charge on any atom is -0.481 e. The van der Waals surface area contributed by atoms with E-state index >= 15 is 0 Å². The Morgan fingerprint density at radius 2 is 2.19 bits per heavy atom. The lowest BCUT2D eigenvalue weighted by molar-refractivity contribution is -0.163. The van der Waals surface area contributed by atoms with E-state index in [1.54, 1.807) is 0 Å². The molecule has 2 heterocycles. The second-order valence-corrected chi connectivity index (χ2v) is 6.59. The van der Waals surface area contributed by atoms with Gasteiger partial charge < -0.3 is 15.4 Å². The standard InChI is InChI=1S/C10H13F2N3O5S/c1-5-7(8(13)14-20-5)21(18,19)15-3-2-10(11,12)6(4-15)9(16)17/h6H,2-4H2,1H3,(H2,13,14)(H,16,17). The van der Waals surface area contributed by atoms with Gasteiger partial charge in [-0.2, -0.15) is 4.31 Å². The average molecular weight is 325 g/mol. The summed E-state index contributed by atoms with van der Waals surface area (Å²) in [5.41, 5.74) is 5.41. The number of carboxylic acid groups (broad SMARTS) is 1. The van der Waals surface area contributed by atoms with Gasteiger partial charge in [0.1, 0.15) is 5.92 Å². The Balaban J connectivity index is 2.37. The molecule has 0 bridgehead atoms. The van der Waals surface area contributed by atoms with Crippen molar-refractivity contribution in [1.29, 1.82) is 0 Å². The summed E-state index contributed by atoms with van der Waals surface area (Å²) in [7, 11) is -4.24. The van der Waals surface area contributed by atoms with E-state index in [-0.39, 0.29) is 5.76 Å². The van der Waals surface area contributed by atoms with Gasteiger partial charge in [0.25, 0.3) is 5.92 Å². The van der Waals surface area contributed by atoms with Crippen molar-refractivity contribution in [1.82, 2.24) is 9.46 Å². The van der Waals surface area contributed by atoms with Gasteiger partial charge in [-0.05, 0) is 6.92 Å². The monoisotopic (exact) mass is 325 g/mol. The van der Waals surface area contributed by atoms with Gasteiger partial charge in [0.05, 0.1) is 0 Å². The molecule has 1 aromatic heterocycles. The molecule has 1 fully saturated rings. The maximum atomic E-state index is 13.5. The summed E-state index contributed by atoms with van der Waals surface area (Å²) in [5, 5.41) is 12.1. The lowest BCUT2D eigenvalue weighted by atomic mass is 9.95. The van der Waals surface area contributed by atoms with Crippen LogP contribution in [0.4, 0.5) is 14.6 Å². The highest BCUT2D eigenvalue weighted by atomic mass is 32.2. The first-order chi connectivity index (χ1) is 9.57. The zero-order valence-corrected chi connectivity index (χ0v) is 11.7. The fraction of sp³-hybridized carbons (Fsp3) is 0.600. The fourth-order valence-electron chi connectivity index (χ4n) is 2.18. The van der Waals surface area contributed by atoms with E-state index < -0.39 is 58.1 Å². The van der Waals surface area contributed by atoms with Crippen LogP contribution in [0.1, 0.15) is 12.2 Å². The van der Waals surface area contributed by atoms with Gasteiger partial charge in [-0.25, -0.2) is 17.2 Å². The molecule has 0 aliphatic carbocycles. The Kier molecular flexibility index (Phi) is 3.66. The molecule has 0 radical (unpaired) electrons. The van der Waals surface area contributed by atoms with Gasteiger partial charge in [-0.15, -0.1) is 0 Å². The molecule has 0 aromatic carbocycles. The SMILES string of the molecule is Cc1onc(N)c1S(=O)(=O)N1CCC(F)(F)C(C(=O)O)C1. The lowest BCUT2D eigenvalue weighted by Gasteiger charge is -2.35. The molecule has 1 atom stereocenters. The van der Waals surface area contributed by atoms with E-state index in [1.807, 2.05) is 0 Å². The van der Waals surface area contributed by atoms with E-state index in [2.05, 4.69) is 9.68 Å². The number of aryl methyl sites for hydroxylation is 1. The van der Waals surface area contributed by atoms with E-state index in [0.717, 1.165) is 0 Å². The second-order valence-electron chi connectivity index (χ2n) is 4.72. The van der Waals surface area contributed by atoms with Crippen molar-refractivity contribution in [3.05, 3.63) is 5.76 Å². The molecule has 1 aliphatic rings. The van der Waals surface area contributed by atoms with E-state index in [0.29, 0.717) is 4.31 Å². The van der Waals surface area contributed by atoms with E-state index in [4.69, 9.17) is 10.8 Å². The maximum absolute atomic E-state index is 13.5. The van der Waals surface area contributed by atoms with Crippen LogP contribution in [0.2, 0.25) is 0 Å². The predicted molar refractivity (Wildman–Crippen MR) is 65.1 cm³/mol. The van der Waals surface area contributed by atoms with Crippen LogP contribution >= 0.6 is 0 Å². The van der Waals surface area contributed by atoms with Crippen molar-refractivity contribution in [2.75, 3.05) is 18.8 Å². The molecular formula is C10H13F2N3O5S. The Hall–Kier alpha value is -1.75. The molecule has 11 heteroatoms. The molecule has 0 saturated carbocycles. The summed E-state index contributed by atoms with van der Waals surface area (Å²) in [4.78, 5) is 10.5. The molecule has 0 spiro atoms. The summed E-state index contributed by atoms with van der Waals surface area (Å²) < 4.78 is 57.1. The quantitative estimate of drug-likeness (QED) is 0.818. The van der Waals surface area contributed by atoms with Crippen molar-refractivity contribution in [2.24, 2.45) is 5.92 Å². The number of alkyl halides is 2. The number of halogens is 2. The molecule has 1 saturated heterocycles. The van der Waals surface area contributed by atoms with E-state index in [9.17, 15) is 22.0 Å². The Bertz CT molecular complexity index is 653. The third-order valence-corrected chi connectivity index (χ3v) is 5.34. The van der Waals surface area contributed by atoms with Crippen molar-refractivity contribution in [3.8, 4) is 0 Å². The minimum atomic E-state index is -4.24. The molecule has 1 aromatic rings. The van der Waals surface area contributed by atoms with Gasteiger partial charge in [0, 0.05) is 19.5 Å². The van der Waals surface area contributed by atoms with Gasteiger partial charge in [0.2, 0.25) is 10.0 Å². The molecule has 8 nitrogen and oxygen atoms in total. The molecule has 118 valence electrons. The largest absolute Gasteiger partial charge is 0.481 e. The molecule has 2 rings (SSSR count). The van der Waals surface area contributed by atoms with Gasteiger partial charge in [-0.1, -0.05) is 5.16 Å². The number of carboxylic acids is 1. The first-order valence-corrected chi connectivity index (χ1v) is 7.34. The highest BCUT2D eigenvalue weighted by Crippen LogP contribution is 2.37. The topological polar surface area (TPSA) is 127 Å². The second kappa shape index (κ2) is 4.91. The highest BCUT2D eigenvalue weighted by molar-refractivity contribution is 7.89. The minimum absolute atomic E-state index is 0.0864. The van der Waals surface area contributed by atoms with Crippen LogP contribution in [0.5, 0.6) is 0 Å². The van der Waals surface area contributed by atoms with Crippen molar-refractivity contribution in [3.63, 3.8) is 0 Å². The van der Waals surface area contributed by atoms with Crippen LogP contribution in [0.3, 0.4) is 0 Å². The molecular weight excluding hydrogens is 312 g/mol. The Labute approximate surface area is 118 Å². The van der Waals surface area contributed by atoms with Gasteiger partial charge >= 0.3 is 5.97 Å². The zero-order valence-electron chi connectivity index (χ0n) is 10.9. The number of aromatic nitrogens is 1. The first-order valence-electron chi connectivity index (χ1n) is 5.90. The number of sulfonamides is 1. The summed E-state index contributed by atoms with van der Waals surface area (Å²) in [6, 6.07) is 0. The molecule has 0 amide bonds. The van der Waals surface area contributed by atoms with Crippen LogP contribution in [0, 0.1) is 12.8 Å². The third kappa shape index (κ3) is 2.58. The number of hydrogen-bond donors (Lipinski definition) is 2. The third-order valence-electron chi connectivity index (χ3n) is 3.32. The number of carbonyl (C=O) groups is 1. The summed E-state index contributed by atoms with van der Waals surface area (Å²) in [5.74, 6) is -7.81. The van der Waals surface area contributed by atoms with Gasteiger partial charge in [-0.3, -0.25) is 4.79 Å². The van der Waals surface area contributed by atoms with Crippen LogP contribution < -0.4 is 5.73 Å². The number of nitrogens with zero attached hydrogens (tertiary/aromatic N) is 2. The molecule has 1 aliphatic heterocycles. The maximum Gasteiger partial charge on any atom is 0.313 e. The van der Waals surface area contributed by atoms with Crippen LogP contribution in [-0.2, 0) is 14.8 Å². The molecule has 21 heavy (non-hydrogen) atoms. The zero-order chi connectivity index (χ0) is 16.0. The van der Waals surface area contributed by atoms with Crippen molar-refractivity contribution < 1.29 is 31.6 Å². The number of rotatable bonds is 3. The average Bonchev–Trinajstić information content (AvgIpc) is 2.68. The number of nitrogen functional groups attached to an aromatic ring is 1. The van der Waals surface area contributed by atoms with Gasteiger partial charge in [0.15, 0.2) is 16.5 Å². The molecule has 3 N–H and O–H groups in total.